The van der Waals surface area contributed by atoms with E-state index in [0.717, 1.165) is 23.4 Å². The first-order valence-corrected chi connectivity index (χ1v) is 6.51. The van der Waals surface area contributed by atoms with E-state index in [4.69, 9.17) is 11.6 Å². The number of rotatable bonds is 2. The Balaban J connectivity index is 2.07. The summed E-state index contributed by atoms with van der Waals surface area (Å²) in [5, 5.41) is 14.7. The molecule has 1 aromatic heterocycles. The van der Waals surface area contributed by atoms with E-state index >= 15 is 0 Å². The Morgan fingerprint density at radius 2 is 2.00 bits per heavy atom. The molecule has 1 aliphatic carbocycles. The van der Waals surface area contributed by atoms with Gasteiger partial charge in [-0.1, -0.05) is 30.9 Å². The molecule has 0 bridgehead atoms. The van der Waals surface area contributed by atoms with Crippen molar-refractivity contribution in [3.05, 3.63) is 21.3 Å². The Bertz CT molecular complexity index is 291. The molecule has 1 unspecified atom stereocenters. The van der Waals surface area contributed by atoms with E-state index in [0.29, 0.717) is 5.92 Å². The first-order valence-electron chi connectivity index (χ1n) is 5.18. The van der Waals surface area contributed by atoms with Gasteiger partial charge in [0.05, 0.1) is 11.1 Å². The smallest absolute Gasteiger partial charge is 0.0840 e. The normalized spacial score (nSPS) is 21.0. The number of hydrogen-bond acceptors (Lipinski definition) is 2. The van der Waals surface area contributed by atoms with E-state index in [1.54, 1.807) is 11.3 Å². The molecule has 1 fully saturated rings. The number of aliphatic hydroxyl groups is 1. The molecule has 0 radical (unpaired) electrons. The Labute approximate surface area is 93.7 Å². The molecular formula is C11H15ClOS. The van der Waals surface area contributed by atoms with Crippen molar-refractivity contribution in [1.29, 1.82) is 0 Å². The maximum Gasteiger partial charge on any atom is 0.0840 e. The molecule has 1 atom stereocenters. The van der Waals surface area contributed by atoms with Crippen LogP contribution in [0.1, 0.15) is 43.8 Å². The second kappa shape index (κ2) is 4.65. The quantitative estimate of drug-likeness (QED) is 0.814. The van der Waals surface area contributed by atoms with Crippen molar-refractivity contribution in [2.45, 2.75) is 38.2 Å². The molecule has 1 heterocycles. The average molecular weight is 231 g/mol. The van der Waals surface area contributed by atoms with Crippen LogP contribution in [0.2, 0.25) is 5.02 Å². The summed E-state index contributed by atoms with van der Waals surface area (Å²) in [6.07, 6.45) is 5.78. The third-order valence-electron chi connectivity index (χ3n) is 3.06. The van der Waals surface area contributed by atoms with Crippen LogP contribution in [0.5, 0.6) is 0 Å². The molecule has 0 aliphatic heterocycles. The maximum absolute atomic E-state index is 10.1. The molecule has 2 rings (SSSR count). The Hall–Kier alpha value is -0.0500. The van der Waals surface area contributed by atoms with Crippen molar-refractivity contribution in [3.8, 4) is 0 Å². The first-order chi connectivity index (χ1) is 6.79. The Morgan fingerprint density at radius 1 is 1.29 bits per heavy atom. The summed E-state index contributed by atoms with van der Waals surface area (Å²) in [4.78, 5) is 0. The highest BCUT2D eigenvalue weighted by Crippen LogP contribution is 2.38. The van der Waals surface area contributed by atoms with Gasteiger partial charge < -0.3 is 5.11 Å². The van der Waals surface area contributed by atoms with Gasteiger partial charge >= 0.3 is 0 Å². The highest BCUT2D eigenvalue weighted by atomic mass is 35.5. The van der Waals surface area contributed by atoms with Crippen molar-refractivity contribution >= 4 is 22.9 Å². The topological polar surface area (TPSA) is 20.2 Å². The molecule has 3 heteroatoms. The lowest BCUT2D eigenvalue weighted by molar-refractivity contribution is 0.0853. The standard InChI is InChI=1S/C11H15ClOS/c12-10-7-14-6-9(10)11(13)8-4-2-1-3-5-8/h6-8,11,13H,1-5H2. The van der Waals surface area contributed by atoms with Gasteiger partial charge in [0.1, 0.15) is 0 Å². The lowest BCUT2D eigenvalue weighted by Crippen LogP contribution is -2.15. The zero-order valence-corrected chi connectivity index (χ0v) is 9.65. The summed E-state index contributed by atoms with van der Waals surface area (Å²) < 4.78 is 0. The highest BCUT2D eigenvalue weighted by molar-refractivity contribution is 7.08. The lowest BCUT2D eigenvalue weighted by Gasteiger charge is -2.26. The van der Waals surface area contributed by atoms with Gasteiger partial charge in [0.25, 0.3) is 0 Å². The molecule has 1 saturated carbocycles. The lowest BCUT2D eigenvalue weighted by atomic mass is 9.83. The summed E-state index contributed by atoms with van der Waals surface area (Å²) in [6.45, 7) is 0. The zero-order chi connectivity index (χ0) is 9.97. The van der Waals surface area contributed by atoms with Gasteiger partial charge in [-0.2, -0.15) is 11.3 Å². The van der Waals surface area contributed by atoms with Gasteiger partial charge in [0.15, 0.2) is 0 Å². The molecular weight excluding hydrogens is 216 g/mol. The Kier molecular flexibility index (Phi) is 3.47. The summed E-state index contributed by atoms with van der Waals surface area (Å²) in [6, 6.07) is 0. The Morgan fingerprint density at radius 3 is 2.57 bits per heavy atom. The fourth-order valence-electron chi connectivity index (χ4n) is 2.21. The van der Waals surface area contributed by atoms with E-state index in [2.05, 4.69) is 0 Å². The van der Waals surface area contributed by atoms with Crippen LogP contribution in [0, 0.1) is 5.92 Å². The fraction of sp³-hybridized carbons (Fsp3) is 0.636. The van der Waals surface area contributed by atoms with Crippen molar-refractivity contribution in [2.75, 3.05) is 0 Å². The van der Waals surface area contributed by atoms with Crippen LogP contribution >= 0.6 is 22.9 Å². The number of thiophene rings is 1. The molecule has 0 amide bonds. The third-order valence-corrected chi connectivity index (χ3v) is 4.28. The van der Waals surface area contributed by atoms with E-state index < -0.39 is 0 Å². The molecule has 1 aliphatic rings. The van der Waals surface area contributed by atoms with Crippen LogP contribution in [-0.4, -0.2) is 5.11 Å². The van der Waals surface area contributed by atoms with Crippen LogP contribution in [0.4, 0.5) is 0 Å². The number of hydrogen-bond donors (Lipinski definition) is 1. The SMILES string of the molecule is OC(c1cscc1Cl)C1CCCCC1. The van der Waals surface area contributed by atoms with Crippen molar-refractivity contribution in [2.24, 2.45) is 5.92 Å². The van der Waals surface area contributed by atoms with E-state index in [-0.39, 0.29) is 6.10 Å². The maximum atomic E-state index is 10.1. The predicted molar refractivity (Wildman–Crippen MR) is 60.9 cm³/mol. The summed E-state index contributed by atoms with van der Waals surface area (Å²) in [7, 11) is 0. The molecule has 1 aromatic rings. The third kappa shape index (κ3) is 2.13. The van der Waals surface area contributed by atoms with Gasteiger partial charge in [0.2, 0.25) is 0 Å². The molecule has 0 spiro atoms. The van der Waals surface area contributed by atoms with Crippen LogP contribution in [0.25, 0.3) is 0 Å². The van der Waals surface area contributed by atoms with Gasteiger partial charge in [-0.25, -0.2) is 0 Å². The minimum absolute atomic E-state index is 0.339. The summed E-state index contributed by atoms with van der Waals surface area (Å²) in [5.41, 5.74) is 0.934. The van der Waals surface area contributed by atoms with E-state index in [9.17, 15) is 5.11 Å². The first kappa shape index (κ1) is 10.5. The molecule has 1 N–H and O–H groups in total. The zero-order valence-electron chi connectivity index (χ0n) is 8.08. The van der Waals surface area contributed by atoms with Gasteiger partial charge in [-0.05, 0) is 24.1 Å². The van der Waals surface area contributed by atoms with Gasteiger partial charge in [0, 0.05) is 10.9 Å². The molecule has 1 nitrogen and oxygen atoms in total. The summed E-state index contributed by atoms with van der Waals surface area (Å²) in [5.74, 6) is 0.427. The fourth-order valence-corrected chi connectivity index (χ4v) is 3.33. The van der Waals surface area contributed by atoms with Crippen molar-refractivity contribution in [3.63, 3.8) is 0 Å². The molecule has 0 aromatic carbocycles. The monoisotopic (exact) mass is 230 g/mol. The molecule has 0 saturated heterocycles. The minimum atomic E-state index is -0.339. The minimum Gasteiger partial charge on any atom is -0.388 e. The molecule has 78 valence electrons. The van der Waals surface area contributed by atoms with Crippen LogP contribution < -0.4 is 0 Å². The van der Waals surface area contributed by atoms with E-state index in [1.165, 1.54) is 19.3 Å². The van der Waals surface area contributed by atoms with Crippen LogP contribution in [0.15, 0.2) is 10.8 Å². The van der Waals surface area contributed by atoms with Crippen LogP contribution in [-0.2, 0) is 0 Å². The highest BCUT2D eigenvalue weighted by Gasteiger charge is 2.24. The summed E-state index contributed by atoms with van der Waals surface area (Å²) >= 11 is 7.57. The average Bonchev–Trinajstić information content (AvgIpc) is 2.65. The second-order valence-electron chi connectivity index (χ2n) is 4.02. The van der Waals surface area contributed by atoms with Crippen molar-refractivity contribution in [1.82, 2.24) is 0 Å². The second-order valence-corrected chi connectivity index (χ2v) is 5.17. The molecule has 14 heavy (non-hydrogen) atoms. The van der Waals surface area contributed by atoms with Gasteiger partial charge in [-0.15, -0.1) is 0 Å². The number of halogens is 1. The predicted octanol–water partition coefficient (Wildman–Crippen LogP) is 4.02. The largest absolute Gasteiger partial charge is 0.388 e. The van der Waals surface area contributed by atoms with Crippen molar-refractivity contribution < 1.29 is 5.11 Å². The van der Waals surface area contributed by atoms with Crippen LogP contribution in [0.3, 0.4) is 0 Å². The van der Waals surface area contributed by atoms with Gasteiger partial charge in [-0.3, -0.25) is 0 Å². The number of aliphatic hydroxyl groups excluding tert-OH is 1. The van der Waals surface area contributed by atoms with E-state index in [1.807, 2.05) is 10.8 Å².